The first-order chi connectivity index (χ1) is 11.5. The van der Waals surface area contributed by atoms with Gasteiger partial charge in [0.15, 0.2) is 0 Å². The van der Waals surface area contributed by atoms with E-state index >= 15 is 0 Å². The van der Waals surface area contributed by atoms with Crippen molar-refractivity contribution in [2.24, 2.45) is 5.92 Å². The van der Waals surface area contributed by atoms with Crippen LogP contribution >= 0.6 is 11.3 Å². The molecule has 0 radical (unpaired) electrons. The second-order valence-electron chi connectivity index (χ2n) is 5.94. The highest BCUT2D eigenvalue weighted by molar-refractivity contribution is 7.09. The van der Waals surface area contributed by atoms with Crippen LogP contribution in [0.4, 0.5) is 16.2 Å². The third-order valence-electron chi connectivity index (χ3n) is 3.99. The Kier molecular flexibility index (Phi) is 4.80. The largest absolute Gasteiger partial charge is 0.328 e. The third-order valence-corrected chi connectivity index (χ3v) is 4.85. The van der Waals surface area contributed by atoms with E-state index in [4.69, 9.17) is 0 Å². The fourth-order valence-electron chi connectivity index (χ4n) is 2.59. The number of carbonyl (C=O) groups is 2. The van der Waals surface area contributed by atoms with Gasteiger partial charge in [0.25, 0.3) is 0 Å². The Labute approximate surface area is 144 Å². The minimum Gasteiger partial charge on any atom is -0.328 e. The van der Waals surface area contributed by atoms with Gasteiger partial charge in [0.1, 0.15) is 5.01 Å². The summed E-state index contributed by atoms with van der Waals surface area (Å²) in [6.07, 6.45) is 3.99. The van der Waals surface area contributed by atoms with Crippen LogP contribution in [0.2, 0.25) is 0 Å². The summed E-state index contributed by atoms with van der Waals surface area (Å²) in [5.74, 6) is 0.325. The van der Waals surface area contributed by atoms with Crippen LogP contribution in [0, 0.1) is 12.8 Å². The van der Waals surface area contributed by atoms with E-state index in [0.29, 0.717) is 17.3 Å². The van der Waals surface area contributed by atoms with Crippen molar-refractivity contribution in [3.8, 4) is 0 Å². The number of urea groups is 1. The van der Waals surface area contributed by atoms with Crippen LogP contribution in [0.5, 0.6) is 0 Å². The minimum atomic E-state index is -0.259. The van der Waals surface area contributed by atoms with E-state index in [1.165, 1.54) is 6.92 Å². The topological polar surface area (TPSA) is 83.1 Å². The van der Waals surface area contributed by atoms with Crippen LogP contribution in [0.15, 0.2) is 29.8 Å². The van der Waals surface area contributed by atoms with E-state index in [9.17, 15) is 9.59 Å². The molecule has 1 aliphatic rings. The van der Waals surface area contributed by atoms with Crippen molar-refractivity contribution in [1.82, 2.24) is 10.3 Å². The summed E-state index contributed by atoms with van der Waals surface area (Å²) < 4.78 is 0. The van der Waals surface area contributed by atoms with Gasteiger partial charge >= 0.3 is 6.03 Å². The second-order valence-corrected chi connectivity index (χ2v) is 6.87. The Balaban J connectivity index is 1.69. The number of hydrogen-bond donors (Lipinski definition) is 3. The molecule has 1 aromatic carbocycles. The fraction of sp³-hybridized carbons (Fsp3) is 0.353. The highest BCUT2D eigenvalue weighted by Crippen LogP contribution is 2.41. The summed E-state index contributed by atoms with van der Waals surface area (Å²) in [5, 5.41) is 11.5. The molecule has 3 amide bonds. The molecular weight excluding hydrogens is 324 g/mol. The molecule has 0 aliphatic heterocycles. The lowest BCUT2D eigenvalue weighted by Crippen LogP contribution is -2.33. The Bertz CT molecular complexity index is 741. The predicted octanol–water partition coefficient (Wildman–Crippen LogP) is 3.68. The standard InChI is InChI=1S/C17H20N4O2S/c1-10-13(19-11(2)22)4-3-5-14(10)20-17(23)21-15(12-6-7-12)16-18-8-9-24-16/h3-5,8-9,12,15H,6-7H2,1-2H3,(H,19,22)(H2,20,21,23)/t15-/m0/s1. The summed E-state index contributed by atoms with van der Waals surface area (Å²) in [5.41, 5.74) is 2.19. The highest BCUT2D eigenvalue weighted by atomic mass is 32.1. The van der Waals surface area contributed by atoms with Crippen LogP contribution in [-0.2, 0) is 4.79 Å². The van der Waals surface area contributed by atoms with Gasteiger partial charge in [0.05, 0.1) is 6.04 Å². The molecule has 6 nitrogen and oxygen atoms in total. The van der Waals surface area contributed by atoms with Gasteiger partial charge < -0.3 is 16.0 Å². The lowest BCUT2D eigenvalue weighted by molar-refractivity contribution is -0.114. The van der Waals surface area contributed by atoms with Gasteiger partial charge in [-0.3, -0.25) is 4.79 Å². The molecule has 1 aliphatic carbocycles. The maximum Gasteiger partial charge on any atom is 0.319 e. The first-order valence-corrected chi connectivity index (χ1v) is 8.76. The molecule has 3 N–H and O–H groups in total. The van der Waals surface area contributed by atoms with Gasteiger partial charge in [-0.25, -0.2) is 9.78 Å². The van der Waals surface area contributed by atoms with Crippen molar-refractivity contribution < 1.29 is 9.59 Å². The fourth-order valence-corrected chi connectivity index (χ4v) is 3.38. The molecule has 1 atom stereocenters. The monoisotopic (exact) mass is 344 g/mol. The second kappa shape index (κ2) is 7.00. The highest BCUT2D eigenvalue weighted by Gasteiger charge is 2.35. The van der Waals surface area contributed by atoms with Crippen molar-refractivity contribution >= 4 is 34.6 Å². The molecule has 24 heavy (non-hydrogen) atoms. The van der Waals surface area contributed by atoms with E-state index in [1.54, 1.807) is 23.6 Å². The summed E-state index contributed by atoms with van der Waals surface area (Å²) >= 11 is 1.56. The normalized spacial score (nSPS) is 14.8. The van der Waals surface area contributed by atoms with Gasteiger partial charge in [0.2, 0.25) is 5.91 Å². The average Bonchev–Trinajstić information content (AvgIpc) is 3.22. The van der Waals surface area contributed by atoms with E-state index in [0.717, 1.165) is 23.4 Å². The number of nitrogens with one attached hydrogen (secondary N) is 3. The van der Waals surface area contributed by atoms with Gasteiger partial charge in [0, 0.05) is 29.9 Å². The van der Waals surface area contributed by atoms with E-state index in [1.807, 2.05) is 24.4 Å². The van der Waals surface area contributed by atoms with Crippen molar-refractivity contribution in [2.75, 3.05) is 10.6 Å². The van der Waals surface area contributed by atoms with Crippen LogP contribution in [-0.4, -0.2) is 16.9 Å². The molecule has 0 bridgehead atoms. The molecule has 1 saturated carbocycles. The Morgan fingerprint density at radius 3 is 2.54 bits per heavy atom. The maximum absolute atomic E-state index is 12.4. The number of rotatable bonds is 5. The summed E-state index contributed by atoms with van der Waals surface area (Å²) in [4.78, 5) is 28.0. The molecule has 2 aromatic rings. The minimum absolute atomic E-state index is 0.0381. The Morgan fingerprint density at radius 1 is 1.25 bits per heavy atom. The third kappa shape index (κ3) is 3.91. The number of amides is 3. The number of anilines is 2. The Morgan fingerprint density at radius 2 is 1.96 bits per heavy atom. The van der Waals surface area contributed by atoms with Crippen LogP contribution in [0.3, 0.4) is 0 Å². The molecule has 126 valence electrons. The van der Waals surface area contributed by atoms with Crippen molar-refractivity contribution in [3.05, 3.63) is 40.3 Å². The molecule has 7 heteroatoms. The predicted molar refractivity (Wildman–Crippen MR) is 95.2 cm³/mol. The number of aromatic nitrogens is 1. The zero-order valence-electron chi connectivity index (χ0n) is 13.6. The zero-order valence-corrected chi connectivity index (χ0v) is 14.4. The first-order valence-electron chi connectivity index (χ1n) is 7.88. The SMILES string of the molecule is CC(=O)Nc1cccc(NC(=O)N[C@H](c2nccs2)C2CC2)c1C. The van der Waals surface area contributed by atoms with Gasteiger partial charge in [-0.05, 0) is 43.4 Å². The maximum atomic E-state index is 12.4. The molecule has 1 fully saturated rings. The summed E-state index contributed by atoms with van der Waals surface area (Å²) in [7, 11) is 0. The van der Waals surface area contributed by atoms with Gasteiger partial charge in [-0.2, -0.15) is 0 Å². The number of hydrogen-bond acceptors (Lipinski definition) is 4. The molecule has 0 spiro atoms. The summed E-state index contributed by atoms with van der Waals surface area (Å²) in [6, 6.07) is 5.12. The molecule has 0 unspecified atom stereocenters. The van der Waals surface area contributed by atoms with Crippen molar-refractivity contribution in [2.45, 2.75) is 32.7 Å². The van der Waals surface area contributed by atoms with Gasteiger partial charge in [-0.1, -0.05) is 6.07 Å². The quantitative estimate of drug-likeness (QED) is 0.773. The molecule has 3 rings (SSSR count). The van der Waals surface area contributed by atoms with Crippen molar-refractivity contribution in [3.63, 3.8) is 0 Å². The average molecular weight is 344 g/mol. The van der Waals surface area contributed by atoms with Gasteiger partial charge in [-0.15, -0.1) is 11.3 Å². The number of thiazole rings is 1. The van der Waals surface area contributed by atoms with Crippen molar-refractivity contribution in [1.29, 1.82) is 0 Å². The molecule has 1 aromatic heterocycles. The number of nitrogens with zero attached hydrogens (tertiary/aromatic N) is 1. The van der Waals surface area contributed by atoms with E-state index in [2.05, 4.69) is 20.9 Å². The molecular formula is C17H20N4O2S. The lowest BCUT2D eigenvalue weighted by Gasteiger charge is -2.18. The number of carbonyl (C=O) groups excluding carboxylic acids is 2. The van der Waals surface area contributed by atoms with Crippen LogP contribution in [0.1, 0.15) is 36.4 Å². The van der Waals surface area contributed by atoms with E-state index in [-0.39, 0.29) is 18.0 Å². The lowest BCUT2D eigenvalue weighted by atomic mass is 10.1. The van der Waals surface area contributed by atoms with Crippen LogP contribution in [0.25, 0.3) is 0 Å². The smallest absolute Gasteiger partial charge is 0.319 e. The Hall–Kier alpha value is -2.41. The zero-order chi connectivity index (χ0) is 17.1. The summed E-state index contributed by atoms with van der Waals surface area (Å²) in [6.45, 7) is 3.32. The number of benzene rings is 1. The molecule has 1 heterocycles. The van der Waals surface area contributed by atoms with E-state index < -0.39 is 0 Å². The molecule has 0 saturated heterocycles. The first kappa shape index (κ1) is 16.4. The van der Waals surface area contributed by atoms with Crippen LogP contribution < -0.4 is 16.0 Å².